The van der Waals surface area contributed by atoms with Crippen molar-refractivity contribution in [1.29, 1.82) is 0 Å². The third-order valence-electron chi connectivity index (χ3n) is 2.49. The van der Waals surface area contributed by atoms with Gasteiger partial charge in [0.25, 0.3) is 0 Å². The van der Waals surface area contributed by atoms with E-state index >= 15 is 0 Å². The second kappa shape index (κ2) is 5.16. The number of carbonyl (C=O) groups is 1. The molecule has 0 aromatic carbocycles. The number of aromatic carboxylic acids is 1. The Morgan fingerprint density at radius 3 is 2.69 bits per heavy atom. The van der Waals surface area contributed by atoms with Crippen LogP contribution in [0.15, 0.2) is 16.5 Å². The van der Waals surface area contributed by atoms with Crippen molar-refractivity contribution in [2.24, 2.45) is 0 Å². The molecule has 1 aromatic heterocycles. The first-order valence-electron chi connectivity index (χ1n) is 5.51. The van der Waals surface area contributed by atoms with Crippen LogP contribution in [0.5, 0.6) is 0 Å². The van der Waals surface area contributed by atoms with Crippen molar-refractivity contribution in [3.8, 4) is 0 Å². The summed E-state index contributed by atoms with van der Waals surface area (Å²) in [6, 6.07) is 3.17. The van der Waals surface area contributed by atoms with Gasteiger partial charge in [-0.05, 0) is 32.4 Å². The molecule has 1 rings (SSSR count). The minimum Gasteiger partial charge on any atom is -0.475 e. The van der Waals surface area contributed by atoms with Gasteiger partial charge in [0.2, 0.25) is 5.76 Å². The molecule has 0 spiro atoms. The Morgan fingerprint density at radius 1 is 1.50 bits per heavy atom. The van der Waals surface area contributed by atoms with E-state index in [0.29, 0.717) is 12.3 Å². The first-order chi connectivity index (χ1) is 7.44. The molecule has 1 heterocycles. The van der Waals surface area contributed by atoms with Crippen LogP contribution in [0.3, 0.4) is 0 Å². The van der Waals surface area contributed by atoms with E-state index in [1.807, 2.05) is 0 Å². The number of hydrogen-bond donors (Lipinski definition) is 2. The summed E-state index contributed by atoms with van der Waals surface area (Å²) in [5.41, 5.74) is 0.0466. The zero-order chi connectivity index (χ0) is 12.2. The number of carboxylic acids is 1. The first-order valence-corrected chi connectivity index (χ1v) is 5.51. The highest BCUT2D eigenvalue weighted by molar-refractivity contribution is 5.84. The lowest BCUT2D eigenvalue weighted by Gasteiger charge is -2.25. The molecule has 0 amide bonds. The molecule has 16 heavy (non-hydrogen) atoms. The van der Waals surface area contributed by atoms with Crippen LogP contribution < -0.4 is 5.32 Å². The summed E-state index contributed by atoms with van der Waals surface area (Å²) in [7, 11) is 0. The van der Waals surface area contributed by atoms with Gasteiger partial charge in [-0.25, -0.2) is 4.79 Å². The normalized spacial score (nSPS) is 11.7. The number of nitrogens with one attached hydrogen (secondary N) is 1. The molecule has 90 valence electrons. The molecule has 0 aliphatic rings. The largest absolute Gasteiger partial charge is 0.475 e. The molecule has 0 radical (unpaired) electrons. The van der Waals surface area contributed by atoms with Gasteiger partial charge >= 0.3 is 5.97 Å². The molecule has 2 N–H and O–H groups in total. The van der Waals surface area contributed by atoms with Gasteiger partial charge in [0.15, 0.2) is 0 Å². The lowest BCUT2D eigenvalue weighted by Crippen LogP contribution is -2.38. The van der Waals surface area contributed by atoms with Crippen molar-refractivity contribution in [3.05, 3.63) is 23.7 Å². The second-order valence-electron chi connectivity index (χ2n) is 4.56. The van der Waals surface area contributed by atoms with Gasteiger partial charge < -0.3 is 14.8 Å². The minimum absolute atomic E-state index is 0.00917. The van der Waals surface area contributed by atoms with Crippen LogP contribution in [0.2, 0.25) is 0 Å². The number of rotatable bonds is 6. The summed E-state index contributed by atoms with van der Waals surface area (Å²) >= 11 is 0. The summed E-state index contributed by atoms with van der Waals surface area (Å²) in [5.74, 6) is -0.384. The predicted octanol–water partition coefficient (Wildman–Crippen LogP) is 2.65. The lowest BCUT2D eigenvalue weighted by molar-refractivity contribution is 0.0660. The van der Waals surface area contributed by atoms with Crippen molar-refractivity contribution in [2.75, 3.05) is 0 Å². The third kappa shape index (κ3) is 3.70. The Kier molecular flexibility index (Phi) is 4.12. The number of carboxylic acid groups (broad SMARTS) is 1. The molecule has 4 heteroatoms. The molecule has 4 nitrogen and oxygen atoms in total. The smallest absolute Gasteiger partial charge is 0.371 e. The van der Waals surface area contributed by atoms with Crippen molar-refractivity contribution >= 4 is 5.97 Å². The zero-order valence-electron chi connectivity index (χ0n) is 10.0. The fourth-order valence-electron chi connectivity index (χ4n) is 1.63. The maximum Gasteiger partial charge on any atom is 0.371 e. The van der Waals surface area contributed by atoms with Gasteiger partial charge in [-0.2, -0.15) is 0 Å². The van der Waals surface area contributed by atoms with Crippen LogP contribution in [-0.4, -0.2) is 16.6 Å². The highest BCUT2D eigenvalue weighted by Gasteiger charge is 2.16. The number of hydrogen-bond acceptors (Lipinski definition) is 3. The molecule has 0 saturated carbocycles. The van der Waals surface area contributed by atoms with Crippen LogP contribution in [0.1, 0.15) is 49.9 Å². The van der Waals surface area contributed by atoms with E-state index in [1.54, 1.807) is 6.07 Å². The minimum atomic E-state index is -1.03. The molecule has 0 bridgehead atoms. The van der Waals surface area contributed by atoms with Crippen molar-refractivity contribution in [1.82, 2.24) is 5.32 Å². The van der Waals surface area contributed by atoms with Crippen molar-refractivity contribution < 1.29 is 14.3 Å². The maximum absolute atomic E-state index is 10.6. The van der Waals surface area contributed by atoms with Gasteiger partial charge in [0.1, 0.15) is 5.76 Å². The molecule has 0 saturated heterocycles. The SMILES string of the molecule is CCCC(C)(C)NCc1ccc(C(=O)O)o1. The summed E-state index contributed by atoms with van der Waals surface area (Å²) in [6.07, 6.45) is 2.18. The molecule has 0 atom stereocenters. The fourth-order valence-corrected chi connectivity index (χ4v) is 1.63. The van der Waals surface area contributed by atoms with E-state index in [4.69, 9.17) is 9.52 Å². The lowest BCUT2D eigenvalue weighted by atomic mass is 9.99. The Bertz CT molecular complexity index is 355. The average molecular weight is 225 g/mol. The Hall–Kier alpha value is -1.29. The maximum atomic E-state index is 10.6. The van der Waals surface area contributed by atoms with E-state index < -0.39 is 5.97 Å². The molecule has 0 aliphatic heterocycles. The zero-order valence-corrected chi connectivity index (χ0v) is 10.0. The molecular weight excluding hydrogens is 206 g/mol. The van der Waals surface area contributed by atoms with E-state index in [0.717, 1.165) is 12.8 Å². The monoisotopic (exact) mass is 225 g/mol. The van der Waals surface area contributed by atoms with Crippen LogP contribution in [-0.2, 0) is 6.54 Å². The van der Waals surface area contributed by atoms with Crippen molar-refractivity contribution in [3.63, 3.8) is 0 Å². The van der Waals surface area contributed by atoms with E-state index in [1.165, 1.54) is 6.07 Å². The molecular formula is C12H19NO3. The van der Waals surface area contributed by atoms with Gasteiger partial charge in [0, 0.05) is 5.54 Å². The molecule has 0 fully saturated rings. The van der Waals surface area contributed by atoms with Crippen LogP contribution in [0.25, 0.3) is 0 Å². The van der Waals surface area contributed by atoms with Crippen LogP contribution >= 0.6 is 0 Å². The van der Waals surface area contributed by atoms with Gasteiger partial charge in [0.05, 0.1) is 6.54 Å². The topological polar surface area (TPSA) is 62.5 Å². The standard InChI is InChI=1S/C12H19NO3/c1-4-7-12(2,3)13-8-9-5-6-10(16-9)11(14)15/h5-6,13H,4,7-8H2,1-3H3,(H,14,15). The molecule has 0 aliphatic carbocycles. The number of furan rings is 1. The Labute approximate surface area is 95.7 Å². The highest BCUT2D eigenvalue weighted by Crippen LogP contribution is 2.13. The molecule has 1 aromatic rings. The van der Waals surface area contributed by atoms with Gasteiger partial charge in [-0.1, -0.05) is 13.3 Å². The average Bonchev–Trinajstić information content (AvgIpc) is 2.63. The molecule has 0 unspecified atom stereocenters. The van der Waals surface area contributed by atoms with E-state index in [-0.39, 0.29) is 11.3 Å². The van der Waals surface area contributed by atoms with E-state index in [9.17, 15) is 4.79 Å². The third-order valence-corrected chi connectivity index (χ3v) is 2.49. The van der Waals surface area contributed by atoms with Crippen LogP contribution in [0, 0.1) is 0 Å². The quantitative estimate of drug-likeness (QED) is 0.781. The summed E-state index contributed by atoms with van der Waals surface area (Å²) in [4.78, 5) is 10.6. The predicted molar refractivity (Wildman–Crippen MR) is 61.5 cm³/mol. The summed E-state index contributed by atoms with van der Waals surface area (Å²) < 4.78 is 5.16. The second-order valence-corrected chi connectivity index (χ2v) is 4.56. The first kappa shape index (κ1) is 12.8. The summed E-state index contributed by atoms with van der Waals surface area (Å²) in [6.45, 7) is 6.94. The Morgan fingerprint density at radius 2 is 2.19 bits per heavy atom. The van der Waals surface area contributed by atoms with Crippen LogP contribution in [0.4, 0.5) is 0 Å². The van der Waals surface area contributed by atoms with Gasteiger partial charge in [-0.3, -0.25) is 0 Å². The van der Waals surface area contributed by atoms with Crippen molar-refractivity contribution in [2.45, 2.75) is 45.7 Å². The fraction of sp³-hybridized carbons (Fsp3) is 0.583. The van der Waals surface area contributed by atoms with Gasteiger partial charge in [-0.15, -0.1) is 0 Å². The summed E-state index contributed by atoms with van der Waals surface area (Å²) in [5, 5.41) is 12.0. The Balaban J connectivity index is 2.51. The highest BCUT2D eigenvalue weighted by atomic mass is 16.4. The van der Waals surface area contributed by atoms with E-state index in [2.05, 4.69) is 26.1 Å².